The van der Waals surface area contributed by atoms with Crippen molar-refractivity contribution in [1.82, 2.24) is 4.98 Å². The normalized spacial score (nSPS) is 10.7. The molecule has 0 saturated carbocycles. The van der Waals surface area contributed by atoms with E-state index in [1.807, 2.05) is 12.1 Å². The minimum atomic E-state index is -1.02. The number of aromatic carboxylic acids is 1. The van der Waals surface area contributed by atoms with Crippen LogP contribution in [0, 0.1) is 0 Å². The molecule has 6 heteroatoms. The van der Waals surface area contributed by atoms with E-state index in [0.29, 0.717) is 40.5 Å². The summed E-state index contributed by atoms with van der Waals surface area (Å²) >= 11 is 0. The van der Waals surface area contributed by atoms with Crippen LogP contribution in [0.15, 0.2) is 42.5 Å². The summed E-state index contributed by atoms with van der Waals surface area (Å²) in [4.78, 5) is 16.5. The number of para-hydroxylation sites is 1. The second-order valence-corrected chi connectivity index (χ2v) is 6.28. The Bertz CT molecular complexity index is 1000. The topological polar surface area (TPSA) is 77.9 Å². The number of carbonyl (C=O) groups is 1. The fourth-order valence-electron chi connectivity index (χ4n) is 2.98. The van der Waals surface area contributed by atoms with E-state index < -0.39 is 5.97 Å². The minimum Gasteiger partial charge on any atom is -0.494 e. The number of rotatable bonds is 8. The maximum absolute atomic E-state index is 11.8. The van der Waals surface area contributed by atoms with E-state index >= 15 is 0 Å². The summed E-state index contributed by atoms with van der Waals surface area (Å²) in [5.74, 6) is 0.727. The molecular formula is C22H23NO5. The summed E-state index contributed by atoms with van der Waals surface area (Å²) in [7, 11) is 3.11. The Morgan fingerprint density at radius 1 is 1.04 bits per heavy atom. The summed E-state index contributed by atoms with van der Waals surface area (Å²) < 4.78 is 16.6. The average Bonchev–Trinajstić information content (AvgIpc) is 2.72. The van der Waals surface area contributed by atoms with Gasteiger partial charge >= 0.3 is 5.97 Å². The van der Waals surface area contributed by atoms with Crippen molar-refractivity contribution in [1.29, 1.82) is 0 Å². The molecule has 0 radical (unpaired) electrons. The summed E-state index contributed by atoms with van der Waals surface area (Å²) in [5.41, 5.74) is 1.92. The van der Waals surface area contributed by atoms with Gasteiger partial charge in [0.25, 0.3) is 0 Å². The number of hydrogen-bond donors (Lipinski definition) is 1. The van der Waals surface area contributed by atoms with Gasteiger partial charge in [-0.25, -0.2) is 9.78 Å². The summed E-state index contributed by atoms with van der Waals surface area (Å²) in [6, 6.07) is 12.3. The molecule has 0 aliphatic carbocycles. The highest BCUT2D eigenvalue weighted by Crippen LogP contribution is 2.35. The second kappa shape index (κ2) is 8.61. The van der Waals surface area contributed by atoms with Gasteiger partial charge in [-0.05, 0) is 36.8 Å². The van der Waals surface area contributed by atoms with Gasteiger partial charge in [-0.2, -0.15) is 0 Å². The lowest BCUT2D eigenvalue weighted by Gasteiger charge is -2.13. The fraction of sp³-hybridized carbons (Fsp3) is 0.273. The first-order valence-corrected chi connectivity index (χ1v) is 9.11. The van der Waals surface area contributed by atoms with Crippen molar-refractivity contribution in [2.75, 3.05) is 20.8 Å². The molecule has 1 N–H and O–H groups in total. The number of benzene rings is 2. The maximum atomic E-state index is 11.8. The van der Waals surface area contributed by atoms with Crippen molar-refractivity contribution < 1.29 is 24.1 Å². The molecule has 0 atom stereocenters. The van der Waals surface area contributed by atoms with Gasteiger partial charge < -0.3 is 19.3 Å². The third-order valence-electron chi connectivity index (χ3n) is 4.47. The first kappa shape index (κ1) is 19.5. The number of methoxy groups -OCH3 is 2. The number of unbranched alkanes of at least 4 members (excludes halogenated alkanes) is 1. The van der Waals surface area contributed by atoms with Gasteiger partial charge in [-0.15, -0.1) is 0 Å². The zero-order valence-electron chi connectivity index (χ0n) is 16.2. The van der Waals surface area contributed by atoms with Gasteiger partial charge in [-0.1, -0.05) is 25.5 Å². The van der Waals surface area contributed by atoms with E-state index in [1.165, 1.54) is 7.11 Å². The van der Waals surface area contributed by atoms with Crippen LogP contribution in [0.2, 0.25) is 0 Å². The molecule has 6 nitrogen and oxygen atoms in total. The average molecular weight is 381 g/mol. The first-order valence-electron chi connectivity index (χ1n) is 9.11. The molecule has 3 rings (SSSR count). The van der Waals surface area contributed by atoms with Crippen LogP contribution >= 0.6 is 0 Å². The SMILES string of the molecule is CCCCOc1ccc(-c2cc(C(=O)O)c3cccc(OC)c3n2)cc1OC. The van der Waals surface area contributed by atoms with E-state index in [0.717, 1.165) is 18.4 Å². The lowest BCUT2D eigenvalue weighted by molar-refractivity contribution is 0.0699. The molecule has 3 aromatic rings. The van der Waals surface area contributed by atoms with Crippen molar-refractivity contribution in [2.24, 2.45) is 0 Å². The molecule has 0 aliphatic rings. The van der Waals surface area contributed by atoms with Gasteiger partial charge in [0.05, 0.1) is 32.1 Å². The monoisotopic (exact) mass is 381 g/mol. The fourth-order valence-corrected chi connectivity index (χ4v) is 2.98. The summed E-state index contributed by atoms with van der Waals surface area (Å²) in [6.07, 6.45) is 2.00. The van der Waals surface area contributed by atoms with Gasteiger partial charge in [0.15, 0.2) is 11.5 Å². The molecule has 146 valence electrons. The Kier molecular flexibility index (Phi) is 5.99. The molecule has 0 saturated heterocycles. The predicted octanol–water partition coefficient (Wildman–Crippen LogP) is 4.80. The first-order chi connectivity index (χ1) is 13.6. The highest BCUT2D eigenvalue weighted by Gasteiger charge is 2.16. The Morgan fingerprint density at radius 3 is 2.50 bits per heavy atom. The van der Waals surface area contributed by atoms with E-state index in [2.05, 4.69) is 11.9 Å². The summed E-state index contributed by atoms with van der Waals surface area (Å²) in [5, 5.41) is 10.2. The lowest BCUT2D eigenvalue weighted by atomic mass is 10.0. The molecule has 0 aliphatic heterocycles. The molecule has 1 heterocycles. The molecule has 0 amide bonds. The van der Waals surface area contributed by atoms with E-state index in [4.69, 9.17) is 14.2 Å². The Hall–Kier alpha value is -3.28. The standard InChI is InChI=1S/C22H23NO5/c1-4-5-11-28-18-10-9-14(12-20(18)27-3)17-13-16(22(24)25)15-7-6-8-19(26-2)21(15)23-17/h6-10,12-13H,4-5,11H2,1-3H3,(H,24,25). The number of nitrogens with zero attached hydrogens (tertiary/aromatic N) is 1. The second-order valence-electron chi connectivity index (χ2n) is 6.28. The predicted molar refractivity (Wildman–Crippen MR) is 108 cm³/mol. The van der Waals surface area contributed by atoms with Crippen LogP contribution in [0.3, 0.4) is 0 Å². The Labute approximate surface area is 163 Å². The van der Waals surface area contributed by atoms with Gasteiger partial charge in [-0.3, -0.25) is 0 Å². The third-order valence-corrected chi connectivity index (χ3v) is 4.47. The van der Waals surface area contributed by atoms with Crippen molar-refractivity contribution in [3.8, 4) is 28.5 Å². The molecule has 2 aromatic carbocycles. The lowest BCUT2D eigenvalue weighted by Crippen LogP contribution is -2.02. The smallest absolute Gasteiger partial charge is 0.336 e. The van der Waals surface area contributed by atoms with Gasteiger partial charge in [0.1, 0.15) is 11.3 Å². The zero-order chi connectivity index (χ0) is 20.1. The number of fused-ring (bicyclic) bond motifs is 1. The van der Waals surface area contributed by atoms with Gasteiger partial charge in [0.2, 0.25) is 0 Å². The number of aromatic nitrogens is 1. The quantitative estimate of drug-likeness (QED) is 0.565. The molecular weight excluding hydrogens is 358 g/mol. The largest absolute Gasteiger partial charge is 0.494 e. The minimum absolute atomic E-state index is 0.168. The zero-order valence-corrected chi connectivity index (χ0v) is 16.2. The Balaban J connectivity index is 2.11. The maximum Gasteiger partial charge on any atom is 0.336 e. The number of hydrogen-bond acceptors (Lipinski definition) is 5. The van der Waals surface area contributed by atoms with E-state index in [-0.39, 0.29) is 5.56 Å². The van der Waals surface area contributed by atoms with Crippen LogP contribution in [-0.2, 0) is 0 Å². The van der Waals surface area contributed by atoms with Crippen LogP contribution < -0.4 is 14.2 Å². The highest BCUT2D eigenvalue weighted by atomic mass is 16.5. The van der Waals surface area contributed by atoms with Gasteiger partial charge in [0, 0.05) is 10.9 Å². The summed E-state index contributed by atoms with van der Waals surface area (Å²) in [6.45, 7) is 2.71. The molecule has 0 bridgehead atoms. The van der Waals surface area contributed by atoms with Crippen molar-refractivity contribution in [3.05, 3.63) is 48.0 Å². The van der Waals surface area contributed by atoms with Crippen molar-refractivity contribution in [2.45, 2.75) is 19.8 Å². The van der Waals surface area contributed by atoms with Crippen LogP contribution in [-0.4, -0.2) is 36.9 Å². The van der Waals surface area contributed by atoms with E-state index in [1.54, 1.807) is 37.4 Å². The molecule has 28 heavy (non-hydrogen) atoms. The van der Waals surface area contributed by atoms with Crippen LogP contribution in [0.5, 0.6) is 17.2 Å². The van der Waals surface area contributed by atoms with Crippen molar-refractivity contribution >= 4 is 16.9 Å². The number of pyridine rings is 1. The third kappa shape index (κ3) is 3.86. The Morgan fingerprint density at radius 2 is 1.82 bits per heavy atom. The van der Waals surface area contributed by atoms with Crippen LogP contribution in [0.1, 0.15) is 30.1 Å². The molecule has 0 fully saturated rings. The number of carboxylic acids is 1. The van der Waals surface area contributed by atoms with Crippen molar-refractivity contribution in [3.63, 3.8) is 0 Å². The number of carboxylic acid groups (broad SMARTS) is 1. The van der Waals surface area contributed by atoms with E-state index in [9.17, 15) is 9.90 Å². The van der Waals surface area contributed by atoms with Crippen LogP contribution in [0.25, 0.3) is 22.2 Å². The number of ether oxygens (including phenoxy) is 3. The molecule has 1 aromatic heterocycles. The molecule has 0 unspecified atom stereocenters. The van der Waals surface area contributed by atoms with Crippen LogP contribution in [0.4, 0.5) is 0 Å². The highest BCUT2D eigenvalue weighted by molar-refractivity contribution is 6.05. The molecule has 0 spiro atoms.